The smallest absolute Gasteiger partial charge is 0.246 e. The molecular weight excluding hydrogens is 319 g/mol. The van der Waals surface area contributed by atoms with Crippen LogP contribution in [-0.4, -0.2) is 22.9 Å². The number of halogens is 2. The van der Waals surface area contributed by atoms with Crippen molar-refractivity contribution in [3.8, 4) is 6.07 Å². The van der Waals surface area contributed by atoms with Gasteiger partial charge in [-0.3, -0.25) is 4.72 Å². The number of benzene rings is 1. The number of nitrogens with one attached hydrogen (secondary N) is 1. The maximum atomic E-state index is 11.5. The highest BCUT2D eigenvalue weighted by molar-refractivity contribution is 7.92. The molecule has 2 rings (SSSR count). The first-order valence-electron chi connectivity index (χ1n) is 4.42. The molecule has 1 N–H and O–H groups in total. The minimum Gasteiger partial charge on any atom is -0.279 e. The molecule has 6 nitrogen and oxygen atoms in total. The topological polar surface area (TPSA) is 95.7 Å². The molecule has 0 radical (unpaired) electrons. The molecule has 0 atom stereocenters. The van der Waals surface area contributed by atoms with Crippen LogP contribution in [0.3, 0.4) is 0 Å². The number of hydrogen-bond donors (Lipinski definition) is 1. The van der Waals surface area contributed by atoms with Gasteiger partial charge in [-0.05, 0) is 6.07 Å². The number of aromatic nitrogens is 2. The molecule has 94 valence electrons. The number of fused-ring (bicyclic) bond motifs is 1. The second-order valence-corrected chi connectivity index (χ2v) is 6.26. The van der Waals surface area contributed by atoms with Crippen molar-refractivity contribution in [3.05, 3.63) is 16.1 Å². The van der Waals surface area contributed by atoms with Crippen LogP contribution in [0.5, 0.6) is 0 Å². The molecule has 0 saturated carbocycles. The van der Waals surface area contributed by atoms with Gasteiger partial charge in [0.05, 0.1) is 33.5 Å². The van der Waals surface area contributed by atoms with E-state index < -0.39 is 15.8 Å². The highest BCUT2D eigenvalue weighted by Crippen LogP contribution is 2.35. The van der Waals surface area contributed by atoms with Crippen molar-refractivity contribution in [1.29, 1.82) is 5.26 Å². The van der Waals surface area contributed by atoms with Crippen LogP contribution in [0.15, 0.2) is 6.07 Å². The lowest BCUT2D eigenvalue weighted by atomic mass is 10.3. The van der Waals surface area contributed by atoms with Crippen LogP contribution >= 0.6 is 34.9 Å². The van der Waals surface area contributed by atoms with Gasteiger partial charge in [-0.2, -0.15) is 14.0 Å². The average molecular weight is 323 g/mol. The molecule has 0 fully saturated rings. The van der Waals surface area contributed by atoms with Crippen molar-refractivity contribution in [2.75, 3.05) is 10.5 Å². The van der Waals surface area contributed by atoms with E-state index in [9.17, 15) is 8.42 Å². The zero-order valence-corrected chi connectivity index (χ0v) is 11.7. The summed E-state index contributed by atoms with van der Waals surface area (Å²) >= 11 is 12.7. The van der Waals surface area contributed by atoms with E-state index in [-0.39, 0.29) is 21.2 Å². The average Bonchev–Trinajstić information content (AvgIpc) is 2.73. The third-order valence-corrected chi connectivity index (χ3v) is 4.09. The van der Waals surface area contributed by atoms with Crippen molar-refractivity contribution in [1.82, 2.24) is 8.75 Å². The Labute approximate surface area is 117 Å². The molecule has 0 bridgehead atoms. The van der Waals surface area contributed by atoms with Crippen LogP contribution < -0.4 is 4.72 Å². The Kier molecular flexibility index (Phi) is 3.59. The summed E-state index contributed by atoms with van der Waals surface area (Å²) in [6.45, 7) is 0. The van der Waals surface area contributed by atoms with Gasteiger partial charge >= 0.3 is 0 Å². The fourth-order valence-electron chi connectivity index (χ4n) is 1.25. The maximum absolute atomic E-state index is 11.5. The summed E-state index contributed by atoms with van der Waals surface area (Å²) in [4.78, 5) is 0. The summed E-state index contributed by atoms with van der Waals surface area (Å²) in [6.07, 6.45) is 0. The Balaban J connectivity index is 2.59. The largest absolute Gasteiger partial charge is 0.279 e. The Morgan fingerprint density at radius 1 is 1.33 bits per heavy atom. The monoisotopic (exact) mass is 322 g/mol. The Morgan fingerprint density at radius 3 is 2.67 bits per heavy atom. The molecule has 18 heavy (non-hydrogen) atoms. The highest BCUT2D eigenvalue weighted by Gasteiger charge is 2.18. The van der Waals surface area contributed by atoms with E-state index in [4.69, 9.17) is 28.5 Å². The van der Waals surface area contributed by atoms with E-state index in [1.165, 1.54) is 6.07 Å². The zero-order chi connectivity index (χ0) is 13.3. The van der Waals surface area contributed by atoms with Gasteiger partial charge in [0.25, 0.3) is 0 Å². The molecule has 0 aliphatic carbocycles. The van der Waals surface area contributed by atoms with Crippen molar-refractivity contribution < 1.29 is 8.42 Å². The molecule has 1 aromatic carbocycles. The molecule has 0 amide bonds. The summed E-state index contributed by atoms with van der Waals surface area (Å²) in [7, 11) is -3.79. The van der Waals surface area contributed by atoms with E-state index in [1.54, 1.807) is 6.07 Å². The number of rotatable bonds is 3. The molecular formula is C8H4Cl2N4O2S2. The first-order chi connectivity index (χ1) is 8.44. The Hall–Kier alpha value is -1.14. The summed E-state index contributed by atoms with van der Waals surface area (Å²) < 4.78 is 33.1. The van der Waals surface area contributed by atoms with E-state index in [0.29, 0.717) is 5.52 Å². The van der Waals surface area contributed by atoms with Gasteiger partial charge in [-0.1, -0.05) is 23.2 Å². The fraction of sp³-hybridized carbons (Fsp3) is 0.125. The van der Waals surface area contributed by atoms with Crippen LogP contribution in [0, 0.1) is 11.3 Å². The van der Waals surface area contributed by atoms with Crippen molar-refractivity contribution in [3.63, 3.8) is 0 Å². The van der Waals surface area contributed by atoms with E-state index >= 15 is 0 Å². The van der Waals surface area contributed by atoms with Gasteiger partial charge < -0.3 is 0 Å². The zero-order valence-electron chi connectivity index (χ0n) is 8.52. The lowest BCUT2D eigenvalue weighted by molar-refractivity contribution is 0.604. The molecule has 2 aromatic rings. The minimum absolute atomic E-state index is 0.0834. The van der Waals surface area contributed by atoms with Crippen LogP contribution in [-0.2, 0) is 10.0 Å². The molecule has 0 aliphatic heterocycles. The number of anilines is 1. The number of nitriles is 1. The van der Waals surface area contributed by atoms with Gasteiger partial charge in [-0.15, -0.1) is 0 Å². The van der Waals surface area contributed by atoms with E-state index in [0.717, 1.165) is 11.7 Å². The Bertz CT molecular complexity index is 750. The SMILES string of the molecule is N#CCS(=O)(=O)Nc1c(Cl)cc(Cl)c2nsnc12. The van der Waals surface area contributed by atoms with Crippen molar-refractivity contribution >= 4 is 61.7 Å². The van der Waals surface area contributed by atoms with E-state index in [1.807, 2.05) is 0 Å². The molecule has 1 heterocycles. The van der Waals surface area contributed by atoms with Crippen LogP contribution in [0.4, 0.5) is 5.69 Å². The third kappa shape index (κ3) is 2.49. The van der Waals surface area contributed by atoms with Crippen molar-refractivity contribution in [2.45, 2.75) is 0 Å². The van der Waals surface area contributed by atoms with Gasteiger partial charge in [0, 0.05) is 0 Å². The predicted octanol–water partition coefficient (Wildman–Crippen LogP) is 2.26. The molecule has 0 saturated heterocycles. The minimum atomic E-state index is -3.79. The Morgan fingerprint density at radius 2 is 2.00 bits per heavy atom. The lowest BCUT2D eigenvalue weighted by Gasteiger charge is -2.08. The number of sulfonamides is 1. The number of nitrogens with zero attached hydrogens (tertiary/aromatic N) is 3. The molecule has 10 heteroatoms. The molecule has 0 aliphatic rings. The first kappa shape index (κ1) is 13.3. The van der Waals surface area contributed by atoms with Gasteiger partial charge in [0.2, 0.25) is 10.0 Å². The number of hydrogen-bond acceptors (Lipinski definition) is 6. The second-order valence-electron chi connectivity index (χ2n) is 3.20. The lowest BCUT2D eigenvalue weighted by Crippen LogP contribution is -2.16. The van der Waals surface area contributed by atoms with Crippen LogP contribution in [0.1, 0.15) is 0 Å². The predicted molar refractivity (Wildman–Crippen MR) is 70.5 cm³/mol. The highest BCUT2D eigenvalue weighted by atomic mass is 35.5. The second kappa shape index (κ2) is 4.85. The summed E-state index contributed by atoms with van der Waals surface area (Å²) in [5.41, 5.74) is 0.708. The summed E-state index contributed by atoms with van der Waals surface area (Å²) in [5.74, 6) is -0.676. The summed E-state index contributed by atoms with van der Waals surface area (Å²) in [5, 5.41) is 8.80. The first-order valence-corrected chi connectivity index (χ1v) is 7.56. The quantitative estimate of drug-likeness (QED) is 0.934. The van der Waals surface area contributed by atoms with Gasteiger partial charge in [0.1, 0.15) is 11.0 Å². The maximum Gasteiger partial charge on any atom is 0.246 e. The summed E-state index contributed by atoms with van der Waals surface area (Å²) in [6, 6.07) is 2.92. The van der Waals surface area contributed by atoms with Crippen molar-refractivity contribution in [2.24, 2.45) is 0 Å². The molecule has 0 spiro atoms. The normalized spacial score (nSPS) is 11.4. The van der Waals surface area contributed by atoms with Gasteiger partial charge in [0.15, 0.2) is 5.75 Å². The molecule has 1 aromatic heterocycles. The fourth-order valence-corrected chi connectivity index (χ4v) is 3.22. The van der Waals surface area contributed by atoms with E-state index in [2.05, 4.69) is 13.5 Å². The van der Waals surface area contributed by atoms with Gasteiger partial charge in [-0.25, -0.2) is 8.42 Å². The molecule has 0 unspecified atom stereocenters. The van der Waals surface area contributed by atoms with Crippen LogP contribution in [0.25, 0.3) is 11.0 Å². The van der Waals surface area contributed by atoms with Crippen LogP contribution in [0.2, 0.25) is 10.0 Å². The third-order valence-electron chi connectivity index (χ3n) is 1.96. The standard InChI is InChI=1S/C8H4Cl2N4O2S2/c9-4-3-5(10)7(8-6(4)12-17-13-8)14-18(15,16)2-1-11/h3,14H,2H2.